The summed E-state index contributed by atoms with van der Waals surface area (Å²) in [5.41, 5.74) is 10.3. The van der Waals surface area contributed by atoms with Gasteiger partial charge in [-0.3, -0.25) is 14.4 Å². The average molecular weight is 1010 g/mol. The molecule has 0 unspecified atom stereocenters. The molecule has 0 radical (unpaired) electrons. The largest absolute Gasteiger partial charge is 0.495 e. The summed E-state index contributed by atoms with van der Waals surface area (Å²) in [7, 11) is 3.32. The van der Waals surface area contributed by atoms with Crippen molar-refractivity contribution in [3.63, 3.8) is 0 Å². The van der Waals surface area contributed by atoms with E-state index in [4.69, 9.17) is 39.5 Å². The van der Waals surface area contributed by atoms with Crippen LogP contribution in [0, 0.1) is 0 Å². The first-order valence-electron chi connectivity index (χ1n) is 25.4. The van der Waals surface area contributed by atoms with Crippen molar-refractivity contribution in [3.05, 3.63) is 103 Å². The Labute approximate surface area is 430 Å². The Morgan fingerprint density at radius 3 is 2.38 bits per heavy atom. The van der Waals surface area contributed by atoms with Crippen LogP contribution in [-0.4, -0.2) is 138 Å². The molecular formula is C54H64N12O8. The highest BCUT2D eigenvalue weighted by atomic mass is 16.5. The Hall–Kier alpha value is -7.68. The Morgan fingerprint density at radius 2 is 1.61 bits per heavy atom. The van der Waals surface area contributed by atoms with Crippen molar-refractivity contribution in [2.75, 3.05) is 94.3 Å². The number of nitrogens with two attached hydrogens (primary N) is 1. The van der Waals surface area contributed by atoms with Crippen LogP contribution in [0.15, 0.2) is 97.5 Å². The number of amides is 3. The summed E-state index contributed by atoms with van der Waals surface area (Å²) in [6.07, 6.45) is 13.0. The monoisotopic (exact) mass is 1010 g/mol. The van der Waals surface area contributed by atoms with Crippen molar-refractivity contribution in [2.24, 2.45) is 0 Å². The number of piperidine rings is 1. The van der Waals surface area contributed by atoms with E-state index in [0.717, 1.165) is 55.7 Å². The van der Waals surface area contributed by atoms with E-state index >= 15 is 0 Å². The van der Waals surface area contributed by atoms with Gasteiger partial charge >= 0.3 is 0 Å². The molecule has 1 saturated heterocycles. The number of para-hydroxylation sites is 1. The fraction of sp³-hybridized carbons (Fsp3) is 0.407. The summed E-state index contributed by atoms with van der Waals surface area (Å²) in [5, 5.41) is 11.8. The van der Waals surface area contributed by atoms with Gasteiger partial charge in [-0.2, -0.15) is 10.1 Å². The standard InChI is InChI=1S/C54H64N12O8/c1-4-43-53(69)63(2)44-33-57-54(61-50(44)65(43)38-12-8-9-13-38)60-42-23-20-37(32-45(42)70-3)52(68)56-24-27-72-29-31-73-30-28-71-26-11-17-46(67)64-25-10-14-39(34-64)66-51-47(49(55)58-35-59-51)48(62-66)36-18-21-41(22-19-36)74-40-15-6-5-7-16-40/h5-7,11,15-23,32-33,35,38-39,43H,4,8-10,12-14,24-31,34H2,1-3H3,(H,56,68)(H2,55,58,59)(H,57,60,61)/b17-11+/t39-,43-/m1/s1. The van der Waals surface area contributed by atoms with Gasteiger partial charge in [0.2, 0.25) is 17.8 Å². The lowest BCUT2D eigenvalue weighted by molar-refractivity contribution is -0.127. The molecule has 6 aromatic rings. The minimum Gasteiger partial charge on any atom is -0.495 e. The lowest BCUT2D eigenvalue weighted by Crippen LogP contribution is -2.55. The molecule has 20 heteroatoms. The van der Waals surface area contributed by atoms with Gasteiger partial charge in [0.15, 0.2) is 11.5 Å². The summed E-state index contributed by atoms with van der Waals surface area (Å²) in [5.74, 6) is 3.03. The number of methoxy groups -OCH3 is 1. The van der Waals surface area contributed by atoms with Crippen molar-refractivity contribution >= 4 is 57.7 Å². The van der Waals surface area contributed by atoms with Gasteiger partial charge in [-0.1, -0.05) is 44.0 Å². The van der Waals surface area contributed by atoms with E-state index in [0.29, 0.717) is 116 Å². The van der Waals surface area contributed by atoms with Gasteiger partial charge in [0.1, 0.15) is 46.8 Å². The minimum absolute atomic E-state index is 0.0575. The first-order chi connectivity index (χ1) is 36.2. The number of aromatic nitrogens is 6. The zero-order valence-corrected chi connectivity index (χ0v) is 42.2. The highest BCUT2D eigenvalue weighted by Crippen LogP contribution is 2.41. The Morgan fingerprint density at radius 1 is 0.865 bits per heavy atom. The maximum atomic E-state index is 13.3. The minimum atomic E-state index is -0.275. The molecule has 9 rings (SSSR count). The maximum absolute atomic E-state index is 13.3. The normalized spacial score (nSPS) is 17.0. The summed E-state index contributed by atoms with van der Waals surface area (Å²) >= 11 is 0. The van der Waals surface area contributed by atoms with Crippen molar-refractivity contribution in [1.82, 2.24) is 39.9 Å². The molecule has 2 fully saturated rings. The van der Waals surface area contributed by atoms with Gasteiger partial charge in [0.05, 0.1) is 70.1 Å². The number of nitrogen functional groups attached to an aromatic ring is 1. The van der Waals surface area contributed by atoms with E-state index in [9.17, 15) is 14.4 Å². The molecule has 74 heavy (non-hydrogen) atoms. The number of benzene rings is 3. The molecule has 2 atom stereocenters. The molecule has 1 aliphatic carbocycles. The fourth-order valence-electron chi connectivity index (χ4n) is 9.80. The number of fused-ring (bicyclic) bond motifs is 2. The molecule has 3 aromatic carbocycles. The zero-order valence-electron chi connectivity index (χ0n) is 42.2. The number of rotatable bonds is 22. The number of likely N-dealkylation sites (tertiary alicyclic amines) is 1. The second-order valence-corrected chi connectivity index (χ2v) is 18.3. The molecule has 3 aromatic heterocycles. The lowest BCUT2D eigenvalue weighted by atomic mass is 10.0. The van der Waals surface area contributed by atoms with E-state index < -0.39 is 0 Å². The van der Waals surface area contributed by atoms with Gasteiger partial charge in [-0.25, -0.2) is 19.6 Å². The third-order valence-corrected chi connectivity index (χ3v) is 13.6. The smallest absolute Gasteiger partial charge is 0.251 e. The van der Waals surface area contributed by atoms with Crippen LogP contribution in [0.25, 0.3) is 22.3 Å². The molecule has 5 heterocycles. The van der Waals surface area contributed by atoms with Crippen LogP contribution in [0.3, 0.4) is 0 Å². The number of likely N-dealkylation sites (N-methyl/N-ethyl adjacent to an activating group) is 1. The number of nitrogens with one attached hydrogen (secondary N) is 2. The van der Waals surface area contributed by atoms with E-state index in [1.54, 1.807) is 48.5 Å². The van der Waals surface area contributed by atoms with Crippen molar-refractivity contribution < 1.29 is 38.1 Å². The summed E-state index contributed by atoms with van der Waals surface area (Å²) in [6, 6.07) is 22.3. The molecule has 1 saturated carbocycles. The lowest BCUT2D eigenvalue weighted by Gasteiger charge is -2.43. The van der Waals surface area contributed by atoms with Crippen LogP contribution in [0.4, 0.5) is 29.0 Å². The highest BCUT2D eigenvalue weighted by Gasteiger charge is 2.41. The van der Waals surface area contributed by atoms with Gasteiger partial charge < -0.3 is 54.8 Å². The number of carbonyl (C=O) groups excluding carboxylic acids is 3. The van der Waals surface area contributed by atoms with Gasteiger partial charge in [-0.15, -0.1) is 0 Å². The molecule has 20 nitrogen and oxygen atoms in total. The van der Waals surface area contributed by atoms with E-state index in [1.807, 2.05) is 71.1 Å². The Kier molecular flexibility index (Phi) is 16.9. The Balaban J connectivity index is 0.661. The first kappa shape index (κ1) is 51.2. The second kappa shape index (κ2) is 24.4. The number of anilines is 5. The molecular weight excluding hydrogens is 945 g/mol. The van der Waals surface area contributed by atoms with Crippen molar-refractivity contribution in [2.45, 2.75) is 70.0 Å². The third kappa shape index (κ3) is 11.9. The van der Waals surface area contributed by atoms with Crippen molar-refractivity contribution in [3.8, 4) is 28.5 Å². The summed E-state index contributed by atoms with van der Waals surface area (Å²) in [6.45, 7) is 5.41. The first-order valence-corrected chi connectivity index (χ1v) is 25.4. The van der Waals surface area contributed by atoms with Crippen LogP contribution in [0.2, 0.25) is 0 Å². The molecule has 0 bridgehead atoms. The highest BCUT2D eigenvalue weighted by molar-refractivity contribution is 6.04. The Bertz CT molecular complexity index is 2910. The van der Waals surface area contributed by atoms with Crippen LogP contribution >= 0.6 is 0 Å². The maximum Gasteiger partial charge on any atom is 0.251 e. The SMILES string of the molecule is CC[C@@H]1C(=O)N(C)c2cnc(Nc3ccc(C(=O)NCCOCCOCCOC/C=C/C(=O)N4CCC[C@@H](n5nc(-c6ccc(Oc7ccccc7)cc6)c6c(N)ncnc65)C4)cc3OC)nc2N1C1CCCC1. The average Bonchev–Trinajstić information content (AvgIpc) is 4.11. The molecule has 0 spiro atoms. The molecule has 3 aliphatic rings. The number of nitrogens with zero attached hydrogens (tertiary/aromatic N) is 9. The second-order valence-electron chi connectivity index (χ2n) is 18.3. The third-order valence-electron chi connectivity index (χ3n) is 13.6. The van der Waals surface area contributed by atoms with Crippen molar-refractivity contribution in [1.29, 1.82) is 0 Å². The summed E-state index contributed by atoms with van der Waals surface area (Å²) in [4.78, 5) is 63.6. The number of carbonyl (C=O) groups is 3. The van der Waals surface area contributed by atoms with E-state index in [2.05, 4.69) is 30.5 Å². The molecule has 388 valence electrons. The molecule has 3 amide bonds. The number of hydrogen-bond donors (Lipinski definition) is 3. The predicted molar refractivity (Wildman–Crippen MR) is 281 cm³/mol. The van der Waals surface area contributed by atoms with E-state index in [1.165, 1.54) is 13.4 Å². The number of hydrogen-bond acceptors (Lipinski definition) is 16. The van der Waals surface area contributed by atoms with Gasteiger partial charge in [0, 0.05) is 49.9 Å². The molecule has 2 aliphatic heterocycles. The van der Waals surface area contributed by atoms with E-state index in [-0.39, 0.29) is 42.5 Å². The van der Waals surface area contributed by atoms with Gasteiger partial charge in [0.25, 0.3) is 5.91 Å². The van der Waals surface area contributed by atoms with Crippen LogP contribution in [-0.2, 0) is 23.8 Å². The predicted octanol–water partition coefficient (Wildman–Crippen LogP) is 7.11. The molecule has 4 N–H and O–H groups in total. The number of ether oxygens (including phenoxy) is 5. The van der Waals surface area contributed by atoms with Crippen LogP contribution < -0.4 is 35.6 Å². The fourth-order valence-corrected chi connectivity index (χ4v) is 9.80. The van der Waals surface area contributed by atoms with Gasteiger partial charge in [-0.05, 0) is 86.7 Å². The zero-order chi connectivity index (χ0) is 51.4. The summed E-state index contributed by atoms with van der Waals surface area (Å²) < 4.78 is 30.5. The topological polar surface area (TPSA) is 227 Å². The van der Waals surface area contributed by atoms with Crippen LogP contribution in [0.5, 0.6) is 17.2 Å². The van der Waals surface area contributed by atoms with Crippen LogP contribution in [0.1, 0.15) is 68.3 Å². The quantitative estimate of drug-likeness (QED) is 0.0455.